The van der Waals surface area contributed by atoms with Crippen molar-refractivity contribution in [2.45, 2.75) is 51.0 Å². The van der Waals surface area contributed by atoms with Gasteiger partial charge in [-0.05, 0) is 64.0 Å². The van der Waals surface area contributed by atoms with Crippen molar-refractivity contribution < 1.29 is 9.90 Å². The molecule has 0 saturated heterocycles. The van der Waals surface area contributed by atoms with Gasteiger partial charge in [0.05, 0.1) is 0 Å². The molecular weight excluding hydrogens is 238 g/mol. The first-order chi connectivity index (χ1) is 7.68. The van der Waals surface area contributed by atoms with Crippen LogP contribution in [0.15, 0.2) is 0 Å². The Hall–Kier alpha value is -0.280. The summed E-state index contributed by atoms with van der Waals surface area (Å²) in [6.07, 6.45) is 7.84. The van der Waals surface area contributed by atoms with E-state index in [2.05, 4.69) is 11.9 Å². The standard InChI is InChI=1S/C13H23NO2.ClH/c1-14(9-3-2-4-12(15)16)13(10-5-6-10)11-7-8-11;/h10-11,13H,2-9H2,1H3,(H,15,16);1H. The average Bonchev–Trinajstić information content (AvgIpc) is 3.05. The van der Waals surface area contributed by atoms with Crippen molar-refractivity contribution in [3.8, 4) is 0 Å². The van der Waals surface area contributed by atoms with Gasteiger partial charge in [0.2, 0.25) is 0 Å². The normalized spacial score (nSPS) is 19.5. The van der Waals surface area contributed by atoms with Gasteiger partial charge in [0, 0.05) is 12.5 Å². The topological polar surface area (TPSA) is 40.5 Å². The van der Waals surface area contributed by atoms with E-state index < -0.39 is 5.97 Å². The first kappa shape index (κ1) is 14.8. The van der Waals surface area contributed by atoms with E-state index >= 15 is 0 Å². The number of carbonyl (C=O) groups is 1. The van der Waals surface area contributed by atoms with E-state index in [0.29, 0.717) is 6.42 Å². The molecule has 4 heteroatoms. The lowest BCUT2D eigenvalue weighted by Crippen LogP contribution is -2.36. The number of nitrogens with zero attached hydrogens (tertiary/aromatic N) is 1. The lowest BCUT2D eigenvalue weighted by Gasteiger charge is -2.28. The summed E-state index contributed by atoms with van der Waals surface area (Å²) in [5, 5.41) is 8.57. The van der Waals surface area contributed by atoms with Gasteiger partial charge in [-0.1, -0.05) is 0 Å². The van der Waals surface area contributed by atoms with Crippen molar-refractivity contribution in [3.05, 3.63) is 0 Å². The van der Waals surface area contributed by atoms with Crippen LogP contribution >= 0.6 is 12.4 Å². The second kappa shape index (κ2) is 6.60. The highest BCUT2D eigenvalue weighted by molar-refractivity contribution is 5.85. The minimum atomic E-state index is -0.663. The Bertz CT molecular complexity index is 240. The van der Waals surface area contributed by atoms with Gasteiger partial charge in [0.15, 0.2) is 0 Å². The van der Waals surface area contributed by atoms with Crippen LogP contribution < -0.4 is 0 Å². The highest BCUT2D eigenvalue weighted by Gasteiger charge is 2.43. The van der Waals surface area contributed by atoms with Gasteiger partial charge in [0.25, 0.3) is 0 Å². The zero-order chi connectivity index (χ0) is 11.5. The fourth-order valence-electron chi connectivity index (χ4n) is 2.77. The Labute approximate surface area is 110 Å². The molecule has 2 fully saturated rings. The van der Waals surface area contributed by atoms with E-state index in [0.717, 1.165) is 37.3 Å². The van der Waals surface area contributed by atoms with Crippen molar-refractivity contribution in [1.29, 1.82) is 0 Å². The summed E-state index contributed by atoms with van der Waals surface area (Å²) in [6, 6.07) is 0.810. The van der Waals surface area contributed by atoms with Crippen molar-refractivity contribution in [2.24, 2.45) is 11.8 Å². The van der Waals surface area contributed by atoms with E-state index in [-0.39, 0.29) is 12.4 Å². The summed E-state index contributed by atoms with van der Waals surface area (Å²) in [5.74, 6) is 1.25. The Morgan fingerprint density at radius 3 is 2.18 bits per heavy atom. The quantitative estimate of drug-likeness (QED) is 0.683. The summed E-state index contributed by atoms with van der Waals surface area (Å²) in [6.45, 7) is 1.07. The highest BCUT2D eigenvalue weighted by atomic mass is 35.5. The molecule has 0 aromatic rings. The minimum Gasteiger partial charge on any atom is -0.481 e. The molecule has 100 valence electrons. The third kappa shape index (κ3) is 4.84. The molecule has 0 atom stereocenters. The predicted molar refractivity (Wildman–Crippen MR) is 70.6 cm³/mol. The fourth-order valence-corrected chi connectivity index (χ4v) is 2.77. The molecule has 2 rings (SSSR count). The maximum absolute atomic E-state index is 10.4. The lowest BCUT2D eigenvalue weighted by atomic mass is 10.1. The van der Waals surface area contributed by atoms with E-state index in [1.165, 1.54) is 25.7 Å². The van der Waals surface area contributed by atoms with Crippen LogP contribution in [0.5, 0.6) is 0 Å². The van der Waals surface area contributed by atoms with Gasteiger partial charge < -0.3 is 10.0 Å². The molecule has 0 aromatic heterocycles. The number of rotatable bonds is 8. The molecule has 0 bridgehead atoms. The first-order valence-electron chi connectivity index (χ1n) is 6.60. The van der Waals surface area contributed by atoms with Crippen molar-refractivity contribution >= 4 is 18.4 Å². The first-order valence-corrected chi connectivity index (χ1v) is 6.60. The third-order valence-corrected chi connectivity index (χ3v) is 3.87. The zero-order valence-electron chi connectivity index (χ0n) is 10.6. The molecule has 17 heavy (non-hydrogen) atoms. The van der Waals surface area contributed by atoms with Gasteiger partial charge in [0.1, 0.15) is 0 Å². The lowest BCUT2D eigenvalue weighted by molar-refractivity contribution is -0.137. The molecule has 0 spiro atoms. The second-order valence-corrected chi connectivity index (χ2v) is 5.50. The Balaban J connectivity index is 0.00000144. The zero-order valence-corrected chi connectivity index (χ0v) is 11.4. The van der Waals surface area contributed by atoms with E-state index in [4.69, 9.17) is 5.11 Å². The van der Waals surface area contributed by atoms with E-state index in [9.17, 15) is 4.79 Å². The second-order valence-electron chi connectivity index (χ2n) is 5.50. The van der Waals surface area contributed by atoms with Crippen LogP contribution in [-0.4, -0.2) is 35.6 Å². The maximum Gasteiger partial charge on any atom is 0.303 e. The SMILES string of the molecule is CN(CCCCC(=O)O)C(C1CC1)C1CC1.Cl. The van der Waals surface area contributed by atoms with Crippen LogP contribution in [0.3, 0.4) is 0 Å². The minimum absolute atomic E-state index is 0. The molecule has 0 amide bonds. The van der Waals surface area contributed by atoms with Gasteiger partial charge in [-0.2, -0.15) is 0 Å². The molecular formula is C13H24ClNO2. The predicted octanol–water partition coefficient (Wildman–Crippen LogP) is 2.78. The fraction of sp³-hybridized carbons (Fsp3) is 0.923. The molecule has 0 aliphatic heterocycles. The van der Waals surface area contributed by atoms with E-state index in [1.807, 2.05) is 0 Å². The Morgan fingerprint density at radius 2 is 1.76 bits per heavy atom. The van der Waals surface area contributed by atoms with Crippen LogP contribution in [0.2, 0.25) is 0 Å². The van der Waals surface area contributed by atoms with Crippen molar-refractivity contribution in [3.63, 3.8) is 0 Å². The molecule has 2 saturated carbocycles. The summed E-state index contributed by atoms with van der Waals surface area (Å²) in [4.78, 5) is 12.9. The van der Waals surface area contributed by atoms with Gasteiger partial charge in [-0.3, -0.25) is 4.79 Å². The smallest absolute Gasteiger partial charge is 0.303 e. The Morgan fingerprint density at radius 1 is 1.24 bits per heavy atom. The summed E-state index contributed by atoms with van der Waals surface area (Å²) < 4.78 is 0. The molecule has 0 radical (unpaired) electrons. The molecule has 3 nitrogen and oxygen atoms in total. The number of hydrogen-bond donors (Lipinski definition) is 1. The summed E-state index contributed by atoms with van der Waals surface area (Å²) in [7, 11) is 2.22. The summed E-state index contributed by atoms with van der Waals surface area (Å²) >= 11 is 0. The average molecular weight is 262 g/mol. The number of hydrogen-bond acceptors (Lipinski definition) is 2. The van der Waals surface area contributed by atoms with Gasteiger partial charge >= 0.3 is 5.97 Å². The van der Waals surface area contributed by atoms with Crippen LogP contribution in [0.1, 0.15) is 44.9 Å². The summed E-state index contributed by atoms with van der Waals surface area (Å²) in [5.41, 5.74) is 0. The van der Waals surface area contributed by atoms with Gasteiger partial charge in [-0.25, -0.2) is 0 Å². The monoisotopic (exact) mass is 261 g/mol. The van der Waals surface area contributed by atoms with Crippen molar-refractivity contribution in [1.82, 2.24) is 4.90 Å². The van der Waals surface area contributed by atoms with Crippen LogP contribution in [0, 0.1) is 11.8 Å². The number of carboxylic acid groups (broad SMARTS) is 1. The maximum atomic E-state index is 10.4. The molecule has 1 N–H and O–H groups in total. The largest absolute Gasteiger partial charge is 0.481 e. The molecule has 2 aliphatic rings. The Kier molecular flexibility index (Phi) is 5.74. The molecule has 0 aromatic carbocycles. The van der Waals surface area contributed by atoms with Gasteiger partial charge in [-0.15, -0.1) is 12.4 Å². The molecule has 2 aliphatic carbocycles. The third-order valence-electron chi connectivity index (χ3n) is 3.87. The van der Waals surface area contributed by atoms with Crippen LogP contribution in [0.4, 0.5) is 0 Å². The van der Waals surface area contributed by atoms with Crippen molar-refractivity contribution in [2.75, 3.05) is 13.6 Å². The number of aliphatic carboxylic acids is 1. The molecule has 0 unspecified atom stereocenters. The van der Waals surface area contributed by atoms with Crippen LogP contribution in [0.25, 0.3) is 0 Å². The van der Waals surface area contributed by atoms with E-state index in [1.54, 1.807) is 0 Å². The van der Waals surface area contributed by atoms with Crippen LogP contribution in [-0.2, 0) is 4.79 Å². The number of unbranched alkanes of at least 4 members (excludes halogenated alkanes) is 1. The molecule has 0 heterocycles. The number of halogens is 1. The highest BCUT2D eigenvalue weighted by Crippen LogP contribution is 2.46. The number of carboxylic acids is 1.